The summed E-state index contributed by atoms with van der Waals surface area (Å²) < 4.78 is 0. The molecule has 0 rings (SSSR count). The molecule has 0 heterocycles. The molecule has 19 heavy (non-hydrogen) atoms. The normalized spacial score (nSPS) is 12.6. The molecule has 0 aliphatic carbocycles. The van der Waals surface area contributed by atoms with Gasteiger partial charge in [0.25, 0.3) is 0 Å². The minimum absolute atomic E-state index is 0.0631. The summed E-state index contributed by atoms with van der Waals surface area (Å²) in [7, 11) is 0. The maximum absolute atomic E-state index is 12.2. The van der Waals surface area contributed by atoms with E-state index in [0.717, 1.165) is 12.8 Å². The second-order valence-corrected chi connectivity index (χ2v) is 4.27. The van der Waals surface area contributed by atoms with Gasteiger partial charge in [-0.3, -0.25) is 9.59 Å². The van der Waals surface area contributed by atoms with Crippen molar-refractivity contribution in [2.45, 2.75) is 26.2 Å². The summed E-state index contributed by atoms with van der Waals surface area (Å²) in [6, 6.07) is 0. The molecule has 0 saturated carbocycles. The van der Waals surface area contributed by atoms with Crippen LogP contribution in [-0.4, -0.2) is 53.2 Å². The molecule has 0 aromatic rings. The lowest BCUT2D eigenvalue weighted by Gasteiger charge is -2.24. The van der Waals surface area contributed by atoms with Crippen LogP contribution < -0.4 is 5.73 Å². The van der Waals surface area contributed by atoms with Gasteiger partial charge in [-0.2, -0.15) is 0 Å². The van der Waals surface area contributed by atoms with E-state index < -0.39 is 11.8 Å². The molecule has 0 radical (unpaired) electrons. The number of nitrogens with zero attached hydrogens (tertiary/aromatic N) is 1. The molecule has 0 aliphatic rings. The number of nitrogens with two attached hydrogens (primary N) is 1. The molecular formula is C13H24N2O4. The van der Waals surface area contributed by atoms with E-state index in [1.165, 1.54) is 4.90 Å². The van der Waals surface area contributed by atoms with Crippen molar-refractivity contribution >= 4 is 11.8 Å². The molecule has 1 atom stereocenters. The average Bonchev–Trinajstić information content (AvgIpc) is 2.36. The van der Waals surface area contributed by atoms with E-state index in [4.69, 9.17) is 15.9 Å². The topological polar surface area (TPSA) is 104 Å². The van der Waals surface area contributed by atoms with Crippen LogP contribution in [0.2, 0.25) is 0 Å². The molecule has 0 aliphatic heterocycles. The monoisotopic (exact) mass is 272 g/mol. The van der Waals surface area contributed by atoms with Crippen LogP contribution in [0.1, 0.15) is 26.2 Å². The van der Waals surface area contributed by atoms with E-state index in [1.807, 2.05) is 13.0 Å². The number of hydrogen-bond donors (Lipinski definition) is 3. The van der Waals surface area contributed by atoms with Crippen molar-refractivity contribution in [2.24, 2.45) is 11.7 Å². The lowest BCUT2D eigenvalue weighted by atomic mass is 10.0. The van der Waals surface area contributed by atoms with Crippen LogP contribution in [0.25, 0.3) is 0 Å². The zero-order chi connectivity index (χ0) is 14.7. The van der Waals surface area contributed by atoms with Crippen molar-refractivity contribution in [3.63, 3.8) is 0 Å². The second kappa shape index (κ2) is 10.5. The quantitative estimate of drug-likeness (QED) is 0.473. The Morgan fingerprint density at radius 2 is 1.84 bits per heavy atom. The minimum atomic E-state index is -0.623. The molecule has 4 N–H and O–H groups in total. The number of primary amides is 1. The molecule has 0 bridgehead atoms. The number of amides is 2. The van der Waals surface area contributed by atoms with Gasteiger partial charge in [-0.25, -0.2) is 0 Å². The first-order valence-corrected chi connectivity index (χ1v) is 6.52. The Labute approximate surface area is 113 Å². The smallest absolute Gasteiger partial charge is 0.230 e. The molecule has 1 unspecified atom stereocenters. The number of carbonyl (C=O) groups excluding carboxylic acids is 2. The number of rotatable bonds is 10. The van der Waals surface area contributed by atoms with E-state index in [1.54, 1.807) is 6.08 Å². The highest BCUT2D eigenvalue weighted by Crippen LogP contribution is 2.11. The molecule has 0 aromatic carbocycles. The Hall–Kier alpha value is -1.40. The lowest BCUT2D eigenvalue weighted by Crippen LogP contribution is -2.40. The minimum Gasteiger partial charge on any atom is -0.395 e. The van der Waals surface area contributed by atoms with Crippen molar-refractivity contribution in [1.82, 2.24) is 4.90 Å². The SMILES string of the molecule is CCCC=CC(CC(N)=O)C(=O)N(CCO)CCO. The van der Waals surface area contributed by atoms with E-state index in [9.17, 15) is 9.59 Å². The van der Waals surface area contributed by atoms with Crippen LogP contribution in [0.4, 0.5) is 0 Å². The maximum Gasteiger partial charge on any atom is 0.230 e. The third kappa shape index (κ3) is 7.58. The molecule has 6 nitrogen and oxygen atoms in total. The highest BCUT2D eigenvalue weighted by Gasteiger charge is 2.23. The number of aliphatic hydroxyl groups is 2. The fraction of sp³-hybridized carbons (Fsp3) is 0.692. The van der Waals surface area contributed by atoms with Crippen LogP contribution >= 0.6 is 0 Å². The van der Waals surface area contributed by atoms with Gasteiger partial charge in [0.1, 0.15) is 0 Å². The van der Waals surface area contributed by atoms with Crippen molar-refractivity contribution < 1.29 is 19.8 Å². The fourth-order valence-corrected chi connectivity index (χ4v) is 1.69. The van der Waals surface area contributed by atoms with Gasteiger partial charge in [0.15, 0.2) is 0 Å². The van der Waals surface area contributed by atoms with Crippen LogP contribution in [0.5, 0.6) is 0 Å². The van der Waals surface area contributed by atoms with E-state index in [-0.39, 0.29) is 38.6 Å². The Bertz CT molecular complexity index is 299. The summed E-state index contributed by atoms with van der Waals surface area (Å²) in [4.78, 5) is 24.5. The van der Waals surface area contributed by atoms with Crippen molar-refractivity contribution in [3.8, 4) is 0 Å². The molecule has 0 saturated heterocycles. The summed E-state index contributed by atoms with van der Waals surface area (Å²) in [5, 5.41) is 17.8. The predicted molar refractivity (Wildman–Crippen MR) is 72.1 cm³/mol. The first kappa shape index (κ1) is 17.6. The van der Waals surface area contributed by atoms with Gasteiger partial charge in [-0.15, -0.1) is 0 Å². The highest BCUT2D eigenvalue weighted by atomic mass is 16.3. The number of allylic oxidation sites excluding steroid dienone is 1. The van der Waals surface area contributed by atoms with Gasteiger partial charge in [0.05, 0.1) is 19.1 Å². The molecular weight excluding hydrogens is 248 g/mol. The molecule has 0 spiro atoms. The number of aliphatic hydroxyl groups excluding tert-OH is 2. The van der Waals surface area contributed by atoms with Crippen LogP contribution in [0.3, 0.4) is 0 Å². The standard InChI is InChI=1S/C13H24N2O4/c1-2-3-4-5-11(10-12(14)18)13(19)15(6-8-16)7-9-17/h4-5,11,16-17H,2-3,6-10H2,1H3,(H2,14,18). The van der Waals surface area contributed by atoms with Gasteiger partial charge >= 0.3 is 0 Å². The summed E-state index contributed by atoms with van der Waals surface area (Å²) in [5.41, 5.74) is 5.14. The molecule has 2 amide bonds. The summed E-state index contributed by atoms with van der Waals surface area (Å²) >= 11 is 0. The van der Waals surface area contributed by atoms with Gasteiger partial charge in [0, 0.05) is 19.5 Å². The van der Waals surface area contributed by atoms with E-state index >= 15 is 0 Å². The number of unbranched alkanes of at least 4 members (excludes halogenated alkanes) is 1. The average molecular weight is 272 g/mol. The Balaban J connectivity index is 4.78. The van der Waals surface area contributed by atoms with Gasteiger partial charge in [0.2, 0.25) is 11.8 Å². The first-order valence-electron chi connectivity index (χ1n) is 6.52. The zero-order valence-corrected chi connectivity index (χ0v) is 11.4. The van der Waals surface area contributed by atoms with Gasteiger partial charge < -0.3 is 20.8 Å². The van der Waals surface area contributed by atoms with E-state index in [2.05, 4.69) is 0 Å². The van der Waals surface area contributed by atoms with Crippen molar-refractivity contribution in [2.75, 3.05) is 26.3 Å². The third-order valence-corrected chi connectivity index (χ3v) is 2.61. The summed E-state index contributed by atoms with van der Waals surface area (Å²) in [5.74, 6) is -1.47. The Kier molecular flexibility index (Phi) is 9.74. The zero-order valence-electron chi connectivity index (χ0n) is 11.4. The Morgan fingerprint density at radius 1 is 1.26 bits per heavy atom. The first-order chi connectivity index (χ1) is 9.06. The fourth-order valence-electron chi connectivity index (χ4n) is 1.69. The van der Waals surface area contributed by atoms with Crippen LogP contribution in [-0.2, 0) is 9.59 Å². The predicted octanol–water partition coefficient (Wildman–Crippen LogP) is -0.352. The summed E-state index contributed by atoms with van der Waals surface area (Å²) in [6.07, 6.45) is 5.24. The Morgan fingerprint density at radius 3 is 2.26 bits per heavy atom. The lowest BCUT2D eigenvalue weighted by molar-refractivity contribution is -0.137. The molecule has 0 aromatic heterocycles. The maximum atomic E-state index is 12.2. The van der Waals surface area contributed by atoms with Crippen molar-refractivity contribution in [1.29, 1.82) is 0 Å². The van der Waals surface area contributed by atoms with Crippen molar-refractivity contribution in [3.05, 3.63) is 12.2 Å². The molecule has 0 fully saturated rings. The van der Waals surface area contributed by atoms with E-state index in [0.29, 0.717) is 0 Å². The number of hydrogen-bond acceptors (Lipinski definition) is 4. The molecule has 6 heteroatoms. The van der Waals surface area contributed by atoms with Gasteiger partial charge in [-0.05, 0) is 6.42 Å². The highest BCUT2D eigenvalue weighted by molar-refractivity contribution is 5.86. The van der Waals surface area contributed by atoms with Crippen LogP contribution in [0.15, 0.2) is 12.2 Å². The third-order valence-electron chi connectivity index (χ3n) is 2.61. The van der Waals surface area contributed by atoms with Crippen LogP contribution in [0, 0.1) is 5.92 Å². The second-order valence-electron chi connectivity index (χ2n) is 4.27. The molecule has 110 valence electrons. The summed E-state index contributed by atoms with van der Waals surface area (Å²) in [6.45, 7) is 1.91. The number of carbonyl (C=O) groups is 2. The van der Waals surface area contributed by atoms with Gasteiger partial charge in [-0.1, -0.05) is 25.5 Å². The largest absolute Gasteiger partial charge is 0.395 e.